The highest BCUT2D eigenvalue weighted by Gasteiger charge is 2.05. The van der Waals surface area contributed by atoms with Crippen molar-refractivity contribution >= 4 is 132 Å². The van der Waals surface area contributed by atoms with Gasteiger partial charge in [0.25, 0.3) is 0 Å². The fourth-order valence-corrected chi connectivity index (χ4v) is 4.86. The van der Waals surface area contributed by atoms with Gasteiger partial charge < -0.3 is 0 Å². The predicted molar refractivity (Wildman–Crippen MR) is 226 cm³/mol. The maximum atomic E-state index is 8.12. The number of carbonyl (C=O) groups excluding carboxylic acids is 2. The molecule has 0 bridgehead atoms. The van der Waals surface area contributed by atoms with Gasteiger partial charge in [-0.1, -0.05) is 46.4 Å². The van der Waals surface area contributed by atoms with Gasteiger partial charge in [0.05, 0.1) is 25.7 Å². The highest BCUT2D eigenvalue weighted by molar-refractivity contribution is 9.13. The van der Waals surface area contributed by atoms with Gasteiger partial charge >= 0.3 is 6.15 Å². The van der Waals surface area contributed by atoms with Crippen molar-refractivity contribution in [2.45, 2.75) is 0 Å². The number of nitrogens with one attached hydrogen (secondary N) is 3. The minimum Gasteiger partial charge on any atom is -0.286 e. The van der Waals surface area contributed by atoms with Gasteiger partial charge in [-0.15, -0.1) is 0 Å². The summed E-state index contributed by atoms with van der Waals surface area (Å²) in [5, 5.41) is 29.2. The summed E-state index contributed by atoms with van der Waals surface area (Å²) in [6.07, 6.45) is 15.6. The normalized spacial score (nSPS) is 9.25. The molecule has 0 aliphatic carbocycles. The molecule has 55 heavy (non-hydrogen) atoms. The summed E-state index contributed by atoms with van der Waals surface area (Å²) in [5.74, 6) is 1.27. The number of rotatable bonds is 2. The summed E-state index contributed by atoms with van der Waals surface area (Å²) in [5.41, 5.74) is 0. The number of halogens is 9. The van der Waals surface area contributed by atoms with E-state index in [9.17, 15) is 0 Å². The first-order valence-corrected chi connectivity index (χ1v) is 19.8. The second-order valence-corrected chi connectivity index (χ2v) is 14.6. The molecule has 0 spiro atoms. The number of aromatic nitrogens is 13. The van der Waals surface area contributed by atoms with Gasteiger partial charge in [0.1, 0.15) is 23.6 Å². The maximum Gasteiger partial charge on any atom is 0.373 e. The van der Waals surface area contributed by atoms with Crippen LogP contribution in [0.1, 0.15) is 0 Å². The first-order chi connectivity index (χ1) is 26.5. The molecule has 3 N–H and O–H groups in total. The zero-order chi connectivity index (χ0) is 40.4. The Bertz CT molecular complexity index is 2110. The van der Waals surface area contributed by atoms with E-state index in [1.807, 2.05) is 24.3 Å². The van der Waals surface area contributed by atoms with Crippen LogP contribution in [0.5, 0.6) is 0 Å². The topological polar surface area (TPSA) is 194 Å². The lowest BCUT2D eigenvalue weighted by molar-refractivity contribution is -0.191. The van der Waals surface area contributed by atoms with Crippen molar-refractivity contribution in [1.29, 1.82) is 0 Å². The SMILES string of the molecule is Brc1ccn[nH]1.Brc1cn[nH]c1Br.Clc1cccnc1-n1ccc(Br)n1.Clc1cccnc1-n1ccc(Br)n1.Clc1cccnc1Cl.O=C=O.c1cn[nH]c1. The van der Waals surface area contributed by atoms with E-state index >= 15 is 0 Å². The highest BCUT2D eigenvalue weighted by Crippen LogP contribution is 2.19. The average Bonchev–Trinajstić information content (AvgIpc) is 4.04. The molecule has 0 amide bonds. The molecule has 8 aromatic heterocycles. The van der Waals surface area contributed by atoms with Crippen molar-refractivity contribution in [3.05, 3.63) is 160 Å². The Morgan fingerprint density at radius 2 is 1.11 bits per heavy atom. The molecule has 15 nitrogen and oxygen atoms in total. The van der Waals surface area contributed by atoms with E-state index in [-0.39, 0.29) is 6.15 Å². The van der Waals surface area contributed by atoms with Crippen LogP contribution in [0, 0.1) is 0 Å². The molecule has 0 radical (unpaired) electrons. The second-order valence-electron chi connectivity index (χ2n) is 8.85. The molecule has 0 aliphatic heterocycles. The molecule has 8 aromatic rings. The molecule has 24 heteroatoms. The van der Waals surface area contributed by atoms with Gasteiger partial charge in [-0.25, -0.2) is 24.3 Å². The van der Waals surface area contributed by atoms with Crippen LogP contribution in [0.3, 0.4) is 0 Å². The van der Waals surface area contributed by atoms with Crippen LogP contribution in [-0.2, 0) is 9.59 Å². The fourth-order valence-electron chi connectivity index (χ4n) is 3.01. The Labute approximate surface area is 374 Å². The summed E-state index contributed by atoms with van der Waals surface area (Å²) in [4.78, 5) is 28.2. The molecule has 8 heterocycles. The van der Waals surface area contributed by atoms with Gasteiger partial charge in [0.15, 0.2) is 11.6 Å². The molecule has 0 aliphatic rings. The minimum absolute atomic E-state index is 0.250. The lowest BCUT2D eigenvalue weighted by atomic mass is 10.4. The van der Waals surface area contributed by atoms with E-state index in [4.69, 9.17) is 56.0 Å². The smallest absolute Gasteiger partial charge is 0.286 e. The lowest BCUT2D eigenvalue weighted by Crippen LogP contribution is -1.98. The monoisotopic (exact) mass is 1140 g/mol. The summed E-state index contributed by atoms with van der Waals surface area (Å²) in [6, 6.07) is 17.9. The molecule has 0 saturated heterocycles. The quantitative estimate of drug-likeness (QED) is 0.140. The molecular weight excluding hydrogens is 1130 g/mol. The van der Waals surface area contributed by atoms with E-state index in [1.165, 1.54) is 0 Å². The summed E-state index contributed by atoms with van der Waals surface area (Å²) >= 11 is 38.9. The third-order valence-electron chi connectivity index (χ3n) is 5.16. The van der Waals surface area contributed by atoms with Crippen LogP contribution in [0.25, 0.3) is 11.6 Å². The number of hydrogen-bond donors (Lipinski definition) is 3. The van der Waals surface area contributed by atoms with E-state index in [2.05, 4.69) is 135 Å². The fraction of sp³-hybridized carbons (Fsp3) is 0. The summed E-state index contributed by atoms with van der Waals surface area (Å²) < 4.78 is 7.50. The third-order valence-corrected chi connectivity index (χ3v) is 9.48. The van der Waals surface area contributed by atoms with E-state index in [0.29, 0.717) is 31.9 Å². The largest absolute Gasteiger partial charge is 0.373 e. The zero-order valence-electron chi connectivity index (χ0n) is 27.2. The lowest BCUT2D eigenvalue weighted by Gasteiger charge is -2.00. The number of H-pyrrole nitrogens is 3. The third kappa shape index (κ3) is 19.7. The molecule has 8 rings (SSSR count). The van der Waals surface area contributed by atoms with Crippen molar-refractivity contribution in [3.8, 4) is 11.6 Å². The van der Waals surface area contributed by atoms with Gasteiger partial charge in [0.2, 0.25) is 0 Å². The molecule has 0 atom stereocenters. The van der Waals surface area contributed by atoms with E-state index in [0.717, 1.165) is 22.9 Å². The highest BCUT2D eigenvalue weighted by atomic mass is 79.9. The number of aromatic amines is 3. The van der Waals surface area contributed by atoms with Gasteiger partial charge in [0, 0.05) is 49.6 Å². The van der Waals surface area contributed by atoms with Crippen LogP contribution < -0.4 is 0 Å². The Morgan fingerprint density at radius 1 is 0.582 bits per heavy atom. The van der Waals surface area contributed by atoms with Gasteiger partial charge in [-0.3, -0.25) is 15.3 Å². The zero-order valence-corrected chi connectivity index (χ0v) is 38.1. The van der Waals surface area contributed by atoms with Crippen molar-refractivity contribution in [2.75, 3.05) is 0 Å². The van der Waals surface area contributed by atoms with Crippen LogP contribution in [0.2, 0.25) is 20.2 Å². The molecule has 0 aromatic carbocycles. The van der Waals surface area contributed by atoms with Crippen molar-refractivity contribution in [1.82, 2.24) is 65.1 Å². The van der Waals surface area contributed by atoms with Crippen LogP contribution in [-0.4, -0.2) is 71.3 Å². The molecular formula is C31H22Br5Cl4N13O2. The summed E-state index contributed by atoms with van der Waals surface area (Å²) in [6.45, 7) is 0. The number of nitrogens with zero attached hydrogens (tertiary/aromatic N) is 10. The van der Waals surface area contributed by atoms with Gasteiger partial charge in [-0.05, 0) is 140 Å². The average molecular weight is 1150 g/mol. The van der Waals surface area contributed by atoms with Crippen molar-refractivity contribution in [3.63, 3.8) is 0 Å². The van der Waals surface area contributed by atoms with Crippen molar-refractivity contribution < 1.29 is 9.59 Å². The Morgan fingerprint density at radius 3 is 1.35 bits per heavy atom. The molecule has 0 fully saturated rings. The molecule has 0 saturated carbocycles. The van der Waals surface area contributed by atoms with E-state index in [1.54, 1.807) is 102 Å². The van der Waals surface area contributed by atoms with Gasteiger partial charge in [-0.2, -0.15) is 35.1 Å². The Balaban J connectivity index is 0.000000232. The first kappa shape index (κ1) is 47.6. The van der Waals surface area contributed by atoms with Crippen LogP contribution >= 0.6 is 126 Å². The predicted octanol–water partition coefficient (Wildman–Crippen LogP) is 10.7. The van der Waals surface area contributed by atoms with Crippen LogP contribution in [0.15, 0.2) is 139 Å². The van der Waals surface area contributed by atoms with Crippen LogP contribution in [0.4, 0.5) is 0 Å². The first-order valence-electron chi connectivity index (χ1n) is 14.3. The Hall–Kier alpha value is -3.56. The second kappa shape index (κ2) is 27.9. The molecule has 0 unspecified atom stereocenters. The number of hydrogen-bond acceptors (Lipinski definition) is 10. The maximum absolute atomic E-state index is 8.12. The Kier molecular flexibility index (Phi) is 24.2. The molecule has 286 valence electrons. The van der Waals surface area contributed by atoms with Crippen molar-refractivity contribution in [2.24, 2.45) is 0 Å². The standard InChI is InChI=1S/2C8H5BrClN3.C5H3Cl2N.C3H2Br2N2.C3H3BrN2.C3H4N2.CO2/c2*9-7-3-5-13(12-7)8-6(10)2-1-4-11-8;6-4-2-1-3-8-5(4)7;4-2-1-6-7-3(2)5;4-3-1-2-5-6-3;1-2-4-5-3-1;2-1-3/h2*1-5H;1-3H;1H,(H,6,7);1-2H,(H,5,6);1-3H,(H,4,5);. The number of pyridine rings is 3. The summed E-state index contributed by atoms with van der Waals surface area (Å²) in [7, 11) is 0. The van der Waals surface area contributed by atoms with E-state index < -0.39 is 0 Å². The minimum atomic E-state index is 0.250.